The number of carbonyl (C=O) groups is 1. The van der Waals surface area contributed by atoms with Crippen molar-refractivity contribution in [3.05, 3.63) is 59.0 Å². The number of benzene rings is 1. The van der Waals surface area contributed by atoms with Gasteiger partial charge in [0.1, 0.15) is 11.4 Å². The van der Waals surface area contributed by atoms with E-state index in [9.17, 15) is 9.90 Å². The summed E-state index contributed by atoms with van der Waals surface area (Å²) >= 11 is 0. The number of amides is 1. The fourth-order valence-corrected chi connectivity index (χ4v) is 2.90. The van der Waals surface area contributed by atoms with E-state index in [1.807, 2.05) is 32.0 Å². The first-order valence-corrected chi connectivity index (χ1v) is 7.62. The van der Waals surface area contributed by atoms with Crippen LogP contribution in [0.5, 0.6) is 0 Å². The summed E-state index contributed by atoms with van der Waals surface area (Å²) in [5.41, 5.74) is 1.59. The van der Waals surface area contributed by atoms with E-state index in [4.69, 9.17) is 4.42 Å². The van der Waals surface area contributed by atoms with Crippen LogP contribution in [0.2, 0.25) is 0 Å². The van der Waals surface area contributed by atoms with Crippen molar-refractivity contribution in [2.75, 3.05) is 6.54 Å². The maximum absolute atomic E-state index is 12.4. The molecular formula is C18H21NO3. The summed E-state index contributed by atoms with van der Waals surface area (Å²) in [6.45, 7) is 4.08. The topological polar surface area (TPSA) is 62.5 Å². The quantitative estimate of drug-likeness (QED) is 0.892. The van der Waals surface area contributed by atoms with Crippen LogP contribution in [0.1, 0.15) is 40.1 Å². The molecular weight excluding hydrogens is 278 g/mol. The smallest absolute Gasteiger partial charge is 0.251 e. The molecule has 1 aliphatic carbocycles. The summed E-state index contributed by atoms with van der Waals surface area (Å²) in [5, 5.41) is 13.8. The second-order valence-corrected chi connectivity index (χ2v) is 6.18. The first-order valence-electron chi connectivity index (χ1n) is 7.62. The third-order valence-electron chi connectivity index (χ3n) is 4.35. The monoisotopic (exact) mass is 299 g/mol. The highest BCUT2D eigenvalue weighted by atomic mass is 16.4. The molecule has 3 rings (SSSR count). The highest BCUT2D eigenvalue weighted by Gasteiger charge is 2.47. The zero-order valence-electron chi connectivity index (χ0n) is 12.9. The molecule has 22 heavy (non-hydrogen) atoms. The van der Waals surface area contributed by atoms with E-state index in [0.717, 1.165) is 24.0 Å². The Kier molecular flexibility index (Phi) is 3.79. The lowest BCUT2D eigenvalue weighted by Crippen LogP contribution is -2.42. The van der Waals surface area contributed by atoms with Crippen molar-refractivity contribution < 1.29 is 14.3 Å². The normalized spacial score (nSPS) is 17.0. The molecule has 1 unspecified atom stereocenters. The van der Waals surface area contributed by atoms with Gasteiger partial charge in [0.25, 0.3) is 5.91 Å². The van der Waals surface area contributed by atoms with Gasteiger partial charge in [0, 0.05) is 5.56 Å². The molecule has 1 aromatic heterocycles. The molecule has 0 radical (unpaired) electrons. The molecule has 1 heterocycles. The zero-order chi connectivity index (χ0) is 15.7. The van der Waals surface area contributed by atoms with Crippen molar-refractivity contribution in [3.63, 3.8) is 0 Å². The van der Waals surface area contributed by atoms with Crippen molar-refractivity contribution in [2.45, 2.75) is 32.3 Å². The average molecular weight is 299 g/mol. The van der Waals surface area contributed by atoms with Crippen LogP contribution >= 0.6 is 0 Å². The number of hydrogen-bond acceptors (Lipinski definition) is 3. The van der Waals surface area contributed by atoms with Crippen LogP contribution in [0.4, 0.5) is 0 Å². The molecule has 0 saturated heterocycles. The highest BCUT2D eigenvalue weighted by Crippen LogP contribution is 2.45. The van der Waals surface area contributed by atoms with Crippen LogP contribution in [-0.2, 0) is 5.60 Å². The Balaban J connectivity index is 1.74. The standard InChI is InChI=1S/C18H21NO3/c1-12-5-8-15(13(2)10-12)17(20)19-11-18(21,14-6-7-14)16-4-3-9-22-16/h3-5,8-10,14,21H,6-7,11H2,1-2H3,(H,19,20). The molecule has 1 atom stereocenters. The van der Waals surface area contributed by atoms with Gasteiger partial charge in [-0.1, -0.05) is 17.7 Å². The summed E-state index contributed by atoms with van der Waals surface area (Å²) in [7, 11) is 0. The molecule has 1 aliphatic rings. The molecule has 0 spiro atoms. The third kappa shape index (κ3) is 2.79. The van der Waals surface area contributed by atoms with Gasteiger partial charge in [-0.3, -0.25) is 4.79 Å². The summed E-state index contributed by atoms with van der Waals surface area (Å²) < 4.78 is 5.38. The summed E-state index contributed by atoms with van der Waals surface area (Å²) in [6.07, 6.45) is 3.46. The SMILES string of the molecule is Cc1ccc(C(=O)NCC(O)(c2ccco2)C2CC2)c(C)c1. The van der Waals surface area contributed by atoms with Crippen LogP contribution in [0.3, 0.4) is 0 Å². The fraction of sp³-hybridized carbons (Fsp3) is 0.389. The molecule has 1 amide bonds. The van der Waals surface area contributed by atoms with Gasteiger partial charge in [0.2, 0.25) is 0 Å². The van der Waals surface area contributed by atoms with Gasteiger partial charge in [0.15, 0.2) is 0 Å². The number of furan rings is 1. The van der Waals surface area contributed by atoms with Crippen LogP contribution < -0.4 is 5.32 Å². The van der Waals surface area contributed by atoms with E-state index in [1.54, 1.807) is 18.4 Å². The Hall–Kier alpha value is -2.07. The molecule has 116 valence electrons. The van der Waals surface area contributed by atoms with Gasteiger partial charge >= 0.3 is 0 Å². The summed E-state index contributed by atoms with van der Waals surface area (Å²) in [5.74, 6) is 0.511. The Labute approximate surface area is 130 Å². The molecule has 0 bridgehead atoms. The Morgan fingerprint density at radius 1 is 1.36 bits per heavy atom. The van der Waals surface area contributed by atoms with Crippen molar-refractivity contribution in [1.29, 1.82) is 0 Å². The predicted octanol–water partition coefficient (Wildman–Crippen LogP) is 2.92. The maximum Gasteiger partial charge on any atom is 0.251 e. The van der Waals surface area contributed by atoms with Crippen LogP contribution in [0.25, 0.3) is 0 Å². The highest BCUT2D eigenvalue weighted by molar-refractivity contribution is 5.95. The molecule has 1 fully saturated rings. The number of aliphatic hydroxyl groups is 1. The molecule has 2 N–H and O–H groups in total. The van der Waals surface area contributed by atoms with E-state index >= 15 is 0 Å². The lowest BCUT2D eigenvalue weighted by Gasteiger charge is -2.26. The molecule has 1 aromatic carbocycles. The first-order chi connectivity index (χ1) is 10.5. The summed E-state index contributed by atoms with van der Waals surface area (Å²) in [4.78, 5) is 12.4. The number of nitrogens with one attached hydrogen (secondary N) is 1. The Morgan fingerprint density at radius 2 is 2.14 bits per heavy atom. The molecule has 0 aliphatic heterocycles. The Morgan fingerprint density at radius 3 is 2.73 bits per heavy atom. The van der Waals surface area contributed by atoms with Gasteiger partial charge in [-0.15, -0.1) is 0 Å². The van der Waals surface area contributed by atoms with E-state index in [1.165, 1.54) is 0 Å². The van der Waals surface area contributed by atoms with Crippen molar-refractivity contribution >= 4 is 5.91 Å². The van der Waals surface area contributed by atoms with Crippen molar-refractivity contribution in [2.24, 2.45) is 5.92 Å². The molecule has 4 heteroatoms. The van der Waals surface area contributed by atoms with Crippen LogP contribution in [-0.4, -0.2) is 17.6 Å². The second-order valence-electron chi connectivity index (χ2n) is 6.18. The van der Waals surface area contributed by atoms with Gasteiger partial charge in [-0.05, 0) is 56.4 Å². The van der Waals surface area contributed by atoms with Crippen molar-refractivity contribution in [1.82, 2.24) is 5.32 Å². The molecule has 1 saturated carbocycles. The minimum absolute atomic E-state index is 0.151. The molecule has 4 nitrogen and oxygen atoms in total. The largest absolute Gasteiger partial charge is 0.466 e. The lowest BCUT2D eigenvalue weighted by atomic mass is 9.94. The number of aryl methyl sites for hydroxylation is 2. The average Bonchev–Trinajstić information content (AvgIpc) is 3.20. The lowest BCUT2D eigenvalue weighted by molar-refractivity contribution is -0.00611. The number of carbonyl (C=O) groups excluding carboxylic acids is 1. The zero-order valence-corrected chi connectivity index (χ0v) is 12.9. The third-order valence-corrected chi connectivity index (χ3v) is 4.35. The minimum Gasteiger partial charge on any atom is -0.466 e. The Bertz CT molecular complexity index is 674. The minimum atomic E-state index is -1.11. The van der Waals surface area contributed by atoms with E-state index in [-0.39, 0.29) is 18.4 Å². The van der Waals surface area contributed by atoms with Crippen molar-refractivity contribution in [3.8, 4) is 0 Å². The van der Waals surface area contributed by atoms with E-state index in [2.05, 4.69) is 5.32 Å². The van der Waals surface area contributed by atoms with E-state index < -0.39 is 5.60 Å². The predicted molar refractivity (Wildman–Crippen MR) is 83.6 cm³/mol. The van der Waals surface area contributed by atoms with Gasteiger partial charge in [0.05, 0.1) is 12.8 Å². The second kappa shape index (κ2) is 5.61. The fourth-order valence-electron chi connectivity index (χ4n) is 2.90. The number of hydrogen-bond donors (Lipinski definition) is 2. The maximum atomic E-state index is 12.4. The van der Waals surface area contributed by atoms with E-state index in [0.29, 0.717) is 11.3 Å². The van der Waals surface area contributed by atoms with Gasteiger partial charge in [-0.25, -0.2) is 0 Å². The first kappa shape index (κ1) is 14.9. The number of rotatable bonds is 5. The van der Waals surface area contributed by atoms with Gasteiger partial charge in [-0.2, -0.15) is 0 Å². The summed E-state index contributed by atoms with van der Waals surface area (Å²) in [6, 6.07) is 9.25. The van der Waals surface area contributed by atoms with Crippen LogP contribution in [0.15, 0.2) is 41.0 Å². The molecule has 2 aromatic rings. The van der Waals surface area contributed by atoms with Crippen LogP contribution in [0, 0.1) is 19.8 Å². The van der Waals surface area contributed by atoms with Gasteiger partial charge < -0.3 is 14.8 Å².